The van der Waals surface area contributed by atoms with Crippen LogP contribution in [-0.2, 0) is 19.0 Å². The number of methoxy groups -OCH3 is 3. The van der Waals surface area contributed by atoms with Crippen LogP contribution in [0.2, 0.25) is 0 Å². The van der Waals surface area contributed by atoms with E-state index in [-0.39, 0.29) is 22.6 Å². The number of benzene rings is 1. The van der Waals surface area contributed by atoms with Crippen molar-refractivity contribution in [3.63, 3.8) is 0 Å². The summed E-state index contributed by atoms with van der Waals surface area (Å²) in [6.07, 6.45) is 1.50. The van der Waals surface area contributed by atoms with Crippen LogP contribution in [0.25, 0.3) is 0 Å². The first-order valence-electron chi connectivity index (χ1n) is 5.74. The Bertz CT molecular complexity index is 575. The second-order valence-electron chi connectivity index (χ2n) is 3.64. The molecule has 0 aliphatic carbocycles. The quantitative estimate of drug-likeness (QED) is 0.338. The Morgan fingerprint density at radius 1 is 1.10 bits per heavy atom. The smallest absolute Gasteiger partial charge is 0.377 e. The molecule has 0 fully saturated rings. The van der Waals surface area contributed by atoms with Crippen LogP contribution in [0, 0.1) is 0 Å². The van der Waals surface area contributed by atoms with Crippen molar-refractivity contribution in [2.24, 2.45) is 0 Å². The summed E-state index contributed by atoms with van der Waals surface area (Å²) < 4.78 is 19.1. The lowest BCUT2D eigenvalue weighted by atomic mass is 10.1. The van der Waals surface area contributed by atoms with Gasteiger partial charge in [0, 0.05) is 5.56 Å². The molecule has 0 bridgehead atoms. The van der Waals surface area contributed by atoms with Gasteiger partial charge < -0.3 is 18.9 Å². The fourth-order valence-corrected chi connectivity index (χ4v) is 1.49. The predicted octanol–water partition coefficient (Wildman–Crippen LogP) is 1.33. The van der Waals surface area contributed by atoms with Gasteiger partial charge in [0.1, 0.15) is 17.6 Å². The van der Waals surface area contributed by atoms with Gasteiger partial charge in [-0.2, -0.15) is 0 Å². The van der Waals surface area contributed by atoms with Crippen molar-refractivity contribution >= 4 is 18.2 Å². The molecule has 0 radical (unpaired) electrons. The van der Waals surface area contributed by atoms with E-state index in [0.29, 0.717) is 6.29 Å². The summed E-state index contributed by atoms with van der Waals surface area (Å²) in [5.41, 5.74) is -0.0260. The highest BCUT2D eigenvalue weighted by Gasteiger charge is 2.21. The molecule has 0 aliphatic heterocycles. The van der Waals surface area contributed by atoms with E-state index in [4.69, 9.17) is 9.47 Å². The summed E-state index contributed by atoms with van der Waals surface area (Å²) in [4.78, 5) is 34.3. The summed E-state index contributed by atoms with van der Waals surface area (Å²) in [6, 6.07) is 4.32. The van der Waals surface area contributed by atoms with Gasteiger partial charge in [-0.3, -0.25) is 4.79 Å². The first-order valence-corrected chi connectivity index (χ1v) is 5.74. The Morgan fingerprint density at radius 2 is 1.81 bits per heavy atom. The molecule has 0 unspecified atom stereocenters. The standard InChI is InChI=1S/C14H14O7/c1-18-8-11(13(16)19-2)21-10-6-4-5-9(7-15)12(10)14(17)20-3/h4-8H,1-3H3. The minimum Gasteiger partial charge on any atom is -0.500 e. The lowest BCUT2D eigenvalue weighted by Crippen LogP contribution is -2.14. The van der Waals surface area contributed by atoms with Crippen LogP contribution in [-0.4, -0.2) is 39.6 Å². The minimum atomic E-state index is -0.802. The SMILES string of the molecule is COC=C(Oc1cccc(C=O)c1C(=O)OC)C(=O)OC. The summed E-state index contributed by atoms with van der Waals surface area (Å²) >= 11 is 0. The van der Waals surface area contributed by atoms with Crippen LogP contribution < -0.4 is 4.74 Å². The highest BCUT2D eigenvalue weighted by Crippen LogP contribution is 2.24. The fourth-order valence-electron chi connectivity index (χ4n) is 1.49. The number of rotatable bonds is 6. The number of esters is 2. The van der Waals surface area contributed by atoms with Gasteiger partial charge in [0.25, 0.3) is 0 Å². The lowest BCUT2D eigenvalue weighted by molar-refractivity contribution is -0.138. The molecule has 112 valence electrons. The maximum atomic E-state index is 11.8. The van der Waals surface area contributed by atoms with Crippen LogP contribution in [0.3, 0.4) is 0 Å². The molecule has 0 aliphatic rings. The molecule has 0 atom stereocenters. The zero-order valence-electron chi connectivity index (χ0n) is 11.7. The topological polar surface area (TPSA) is 88.1 Å². The van der Waals surface area contributed by atoms with Gasteiger partial charge in [0.2, 0.25) is 5.76 Å². The van der Waals surface area contributed by atoms with Crippen molar-refractivity contribution in [2.45, 2.75) is 0 Å². The number of carbonyl (C=O) groups excluding carboxylic acids is 3. The number of carbonyl (C=O) groups is 3. The zero-order chi connectivity index (χ0) is 15.8. The molecule has 0 saturated carbocycles. The molecule has 0 spiro atoms. The first kappa shape index (κ1) is 16.2. The lowest BCUT2D eigenvalue weighted by Gasteiger charge is -2.12. The molecule has 7 nitrogen and oxygen atoms in total. The van der Waals surface area contributed by atoms with Crippen molar-refractivity contribution in [2.75, 3.05) is 21.3 Å². The normalized spacial score (nSPS) is 10.5. The van der Waals surface area contributed by atoms with Crippen molar-refractivity contribution in [1.29, 1.82) is 0 Å². The van der Waals surface area contributed by atoms with Gasteiger partial charge in [0.15, 0.2) is 6.29 Å². The molecule has 1 aromatic rings. The van der Waals surface area contributed by atoms with Crippen molar-refractivity contribution < 1.29 is 33.3 Å². The minimum absolute atomic E-state index is 0.0276. The van der Waals surface area contributed by atoms with E-state index in [2.05, 4.69) is 9.47 Å². The third-order valence-electron chi connectivity index (χ3n) is 2.41. The second kappa shape index (κ2) is 7.68. The van der Waals surface area contributed by atoms with Crippen molar-refractivity contribution in [3.8, 4) is 5.75 Å². The number of hydrogen-bond donors (Lipinski definition) is 0. The highest BCUT2D eigenvalue weighted by molar-refractivity contribution is 6.01. The average Bonchev–Trinajstić information content (AvgIpc) is 2.52. The summed E-state index contributed by atoms with van der Waals surface area (Å²) in [6.45, 7) is 0. The van der Waals surface area contributed by atoms with Gasteiger partial charge >= 0.3 is 11.9 Å². The van der Waals surface area contributed by atoms with E-state index in [1.807, 2.05) is 0 Å². The maximum Gasteiger partial charge on any atom is 0.377 e. The van der Waals surface area contributed by atoms with E-state index >= 15 is 0 Å². The van der Waals surface area contributed by atoms with Gasteiger partial charge in [-0.05, 0) is 6.07 Å². The Morgan fingerprint density at radius 3 is 2.33 bits per heavy atom. The molecule has 0 aromatic heterocycles. The van der Waals surface area contributed by atoms with E-state index in [1.54, 1.807) is 0 Å². The van der Waals surface area contributed by atoms with Gasteiger partial charge in [-0.25, -0.2) is 9.59 Å². The van der Waals surface area contributed by atoms with Crippen LogP contribution in [0.15, 0.2) is 30.2 Å². The molecule has 0 saturated heterocycles. The number of hydrogen-bond acceptors (Lipinski definition) is 7. The van der Waals surface area contributed by atoms with Gasteiger partial charge in [0.05, 0.1) is 21.3 Å². The van der Waals surface area contributed by atoms with Crippen molar-refractivity contribution in [3.05, 3.63) is 41.3 Å². The third-order valence-corrected chi connectivity index (χ3v) is 2.41. The fraction of sp³-hybridized carbons (Fsp3) is 0.214. The highest BCUT2D eigenvalue weighted by atomic mass is 16.6. The summed E-state index contributed by atoms with van der Waals surface area (Å²) in [5, 5.41) is 0. The van der Waals surface area contributed by atoms with Crippen molar-refractivity contribution in [1.82, 2.24) is 0 Å². The molecule has 1 rings (SSSR count). The predicted molar refractivity (Wildman–Crippen MR) is 70.9 cm³/mol. The molecule has 0 amide bonds. The van der Waals surface area contributed by atoms with E-state index in [9.17, 15) is 14.4 Å². The zero-order valence-corrected chi connectivity index (χ0v) is 11.7. The molecular formula is C14H14O7. The molecule has 7 heteroatoms. The molecular weight excluding hydrogens is 280 g/mol. The van der Waals surface area contributed by atoms with E-state index < -0.39 is 11.9 Å². The van der Waals surface area contributed by atoms with E-state index in [0.717, 1.165) is 13.4 Å². The van der Waals surface area contributed by atoms with Crippen LogP contribution in [0.4, 0.5) is 0 Å². The van der Waals surface area contributed by atoms with Crippen LogP contribution in [0.1, 0.15) is 20.7 Å². The molecule has 1 aromatic carbocycles. The molecule has 0 N–H and O–H groups in total. The van der Waals surface area contributed by atoms with E-state index in [1.165, 1.54) is 32.4 Å². The largest absolute Gasteiger partial charge is 0.500 e. The first-order chi connectivity index (χ1) is 10.1. The van der Waals surface area contributed by atoms with Gasteiger partial charge in [-0.15, -0.1) is 0 Å². The van der Waals surface area contributed by atoms with Gasteiger partial charge in [-0.1, -0.05) is 12.1 Å². The Labute approximate surface area is 121 Å². The molecule has 21 heavy (non-hydrogen) atoms. The third kappa shape index (κ3) is 3.82. The Balaban J connectivity index is 3.29. The summed E-state index contributed by atoms with van der Waals surface area (Å²) in [7, 11) is 3.65. The average molecular weight is 294 g/mol. The monoisotopic (exact) mass is 294 g/mol. The number of aldehydes is 1. The molecule has 0 heterocycles. The van der Waals surface area contributed by atoms with Crippen LogP contribution >= 0.6 is 0 Å². The Hall–Kier alpha value is -2.83. The maximum absolute atomic E-state index is 11.8. The number of ether oxygens (including phenoxy) is 4. The summed E-state index contributed by atoms with van der Waals surface area (Å²) in [5.74, 6) is -1.88. The second-order valence-corrected chi connectivity index (χ2v) is 3.64. The Kier molecular flexibility index (Phi) is 5.94. The van der Waals surface area contributed by atoms with Crippen LogP contribution in [0.5, 0.6) is 5.75 Å².